The van der Waals surface area contributed by atoms with Crippen LogP contribution >= 0.6 is 0 Å². The molecule has 4 aromatic rings. The highest BCUT2D eigenvalue weighted by Crippen LogP contribution is 2.34. The molecule has 1 N–H and O–H groups in total. The van der Waals surface area contributed by atoms with Crippen molar-refractivity contribution in [3.63, 3.8) is 0 Å². The summed E-state index contributed by atoms with van der Waals surface area (Å²) in [5.41, 5.74) is 0.938. The molecule has 1 atom stereocenters. The molecule has 0 bridgehead atoms. The monoisotopic (exact) mass is 412 g/mol. The third-order valence-corrected chi connectivity index (χ3v) is 6.03. The van der Waals surface area contributed by atoms with Crippen molar-refractivity contribution in [1.82, 2.24) is 4.98 Å². The molecule has 8 heteroatoms. The van der Waals surface area contributed by atoms with Crippen LogP contribution in [0.25, 0.3) is 11.7 Å². The van der Waals surface area contributed by atoms with Crippen molar-refractivity contribution in [3.8, 4) is 11.7 Å². The van der Waals surface area contributed by atoms with Gasteiger partial charge >= 0.3 is 0 Å². The van der Waals surface area contributed by atoms with Crippen molar-refractivity contribution >= 4 is 15.7 Å². The van der Waals surface area contributed by atoms with Gasteiger partial charge in [-0.1, -0.05) is 30.3 Å². The van der Waals surface area contributed by atoms with E-state index in [1.54, 1.807) is 12.1 Å². The van der Waals surface area contributed by atoms with Gasteiger partial charge in [0.1, 0.15) is 5.82 Å². The molecule has 0 saturated carbocycles. The summed E-state index contributed by atoms with van der Waals surface area (Å²) in [6, 6.07) is 17.0. The van der Waals surface area contributed by atoms with E-state index in [4.69, 9.17) is 8.83 Å². The number of hydrogen-bond donors (Lipinski definition) is 1. The number of rotatable bonds is 6. The molecular formula is C21H17FN2O4S. The Morgan fingerprint density at radius 3 is 2.38 bits per heavy atom. The fourth-order valence-corrected chi connectivity index (χ4v) is 4.10. The summed E-state index contributed by atoms with van der Waals surface area (Å²) in [6.07, 6.45) is 1.44. The van der Waals surface area contributed by atoms with E-state index in [0.717, 1.165) is 17.7 Å². The van der Waals surface area contributed by atoms with Crippen molar-refractivity contribution in [3.05, 3.63) is 84.4 Å². The number of sulfone groups is 1. The van der Waals surface area contributed by atoms with Crippen molar-refractivity contribution < 1.29 is 21.6 Å². The second-order valence-electron chi connectivity index (χ2n) is 6.36. The number of furan rings is 1. The Kier molecular flexibility index (Phi) is 4.94. The highest BCUT2D eigenvalue weighted by molar-refractivity contribution is 7.91. The van der Waals surface area contributed by atoms with Crippen LogP contribution in [0.5, 0.6) is 0 Å². The normalized spacial score (nSPS) is 12.6. The Morgan fingerprint density at radius 2 is 1.72 bits per heavy atom. The van der Waals surface area contributed by atoms with Gasteiger partial charge in [0.2, 0.25) is 20.7 Å². The van der Waals surface area contributed by atoms with Crippen LogP contribution in [0.1, 0.15) is 18.5 Å². The van der Waals surface area contributed by atoms with Gasteiger partial charge in [-0.3, -0.25) is 0 Å². The average molecular weight is 412 g/mol. The zero-order valence-corrected chi connectivity index (χ0v) is 16.2. The predicted octanol–water partition coefficient (Wildman–Crippen LogP) is 5.08. The first-order chi connectivity index (χ1) is 13.9. The maximum absolute atomic E-state index is 13.3. The maximum atomic E-state index is 13.3. The molecular weight excluding hydrogens is 395 g/mol. The molecule has 2 aromatic carbocycles. The van der Waals surface area contributed by atoms with Gasteiger partial charge in [-0.2, -0.15) is 4.98 Å². The summed E-state index contributed by atoms with van der Waals surface area (Å²) in [7, 11) is -4.06. The Hall–Kier alpha value is -3.39. The SMILES string of the molecule is C[C@H](Nc1oc(-c2ccco2)nc1S(=O)(=O)c1ccc(F)cc1)c1ccccc1. The first-order valence-corrected chi connectivity index (χ1v) is 10.3. The predicted molar refractivity (Wildman–Crippen MR) is 105 cm³/mol. The first-order valence-electron chi connectivity index (χ1n) is 8.82. The third kappa shape index (κ3) is 3.79. The molecule has 0 radical (unpaired) electrons. The third-order valence-electron chi connectivity index (χ3n) is 4.35. The maximum Gasteiger partial charge on any atom is 0.266 e. The van der Waals surface area contributed by atoms with Crippen molar-refractivity contribution in [1.29, 1.82) is 0 Å². The van der Waals surface area contributed by atoms with Crippen LogP contribution in [-0.2, 0) is 9.84 Å². The van der Waals surface area contributed by atoms with E-state index in [-0.39, 0.29) is 27.7 Å². The number of halogens is 1. The minimum atomic E-state index is -4.06. The van der Waals surface area contributed by atoms with Crippen molar-refractivity contribution in [2.45, 2.75) is 22.9 Å². The lowest BCUT2D eigenvalue weighted by molar-refractivity contribution is 0.520. The quantitative estimate of drug-likeness (QED) is 0.445. The molecule has 0 saturated heterocycles. The van der Waals surface area contributed by atoms with E-state index in [1.807, 2.05) is 37.3 Å². The molecule has 0 aliphatic heterocycles. The fourth-order valence-electron chi connectivity index (χ4n) is 2.83. The first kappa shape index (κ1) is 18.9. The van der Waals surface area contributed by atoms with Gasteiger partial charge in [-0.05, 0) is 48.9 Å². The van der Waals surface area contributed by atoms with E-state index in [2.05, 4.69) is 10.3 Å². The van der Waals surface area contributed by atoms with Crippen LogP contribution in [0.2, 0.25) is 0 Å². The minimum Gasteiger partial charge on any atom is -0.459 e. The van der Waals surface area contributed by atoms with Crippen LogP contribution in [0, 0.1) is 5.82 Å². The van der Waals surface area contributed by atoms with Crippen molar-refractivity contribution in [2.75, 3.05) is 5.32 Å². The lowest BCUT2D eigenvalue weighted by atomic mass is 10.1. The summed E-state index contributed by atoms with van der Waals surface area (Å²) < 4.78 is 50.6. The number of benzene rings is 2. The zero-order valence-electron chi connectivity index (χ0n) is 15.4. The van der Waals surface area contributed by atoms with Crippen LogP contribution < -0.4 is 5.32 Å². The second kappa shape index (κ2) is 7.56. The van der Waals surface area contributed by atoms with Gasteiger partial charge in [-0.25, -0.2) is 12.8 Å². The number of aromatic nitrogens is 1. The average Bonchev–Trinajstić information content (AvgIpc) is 3.39. The summed E-state index contributed by atoms with van der Waals surface area (Å²) in [5, 5.41) is 2.78. The highest BCUT2D eigenvalue weighted by Gasteiger charge is 2.30. The molecule has 2 heterocycles. The van der Waals surface area contributed by atoms with Gasteiger partial charge in [0.15, 0.2) is 5.76 Å². The van der Waals surface area contributed by atoms with E-state index < -0.39 is 15.7 Å². The van der Waals surface area contributed by atoms with E-state index in [0.29, 0.717) is 5.76 Å². The number of oxazole rings is 1. The van der Waals surface area contributed by atoms with Gasteiger partial charge in [0.25, 0.3) is 5.89 Å². The van der Waals surface area contributed by atoms with E-state index >= 15 is 0 Å². The Balaban J connectivity index is 1.78. The summed E-state index contributed by atoms with van der Waals surface area (Å²) >= 11 is 0. The minimum absolute atomic E-state index is 0.0166. The molecule has 2 aromatic heterocycles. The van der Waals surface area contributed by atoms with Gasteiger partial charge in [0.05, 0.1) is 17.2 Å². The number of nitrogens with one attached hydrogen (secondary N) is 1. The Bertz CT molecular complexity index is 1200. The highest BCUT2D eigenvalue weighted by atomic mass is 32.2. The zero-order chi connectivity index (χ0) is 20.4. The van der Waals surface area contributed by atoms with Gasteiger partial charge in [0, 0.05) is 0 Å². The molecule has 148 valence electrons. The van der Waals surface area contributed by atoms with Crippen molar-refractivity contribution in [2.24, 2.45) is 0 Å². The van der Waals surface area contributed by atoms with Crippen LogP contribution in [-0.4, -0.2) is 13.4 Å². The molecule has 4 rings (SSSR count). The number of anilines is 1. The standard InChI is InChI=1S/C21H17FN2O4S/c1-14(15-6-3-2-4-7-15)23-20-21(24-19(28-20)18-8-5-13-27-18)29(25,26)17-11-9-16(22)10-12-17/h2-14,23H,1H3/t14-/m0/s1. The van der Waals surface area contributed by atoms with Crippen LogP contribution in [0.15, 0.2) is 91.7 Å². The molecule has 6 nitrogen and oxygen atoms in total. The molecule has 0 amide bonds. The van der Waals surface area contributed by atoms with E-state index in [1.165, 1.54) is 18.4 Å². The topological polar surface area (TPSA) is 85.3 Å². The second-order valence-corrected chi connectivity index (χ2v) is 8.23. The van der Waals surface area contributed by atoms with Gasteiger partial charge < -0.3 is 14.2 Å². The number of nitrogens with zero attached hydrogens (tertiary/aromatic N) is 1. The molecule has 0 unspecified atom stereocenters. The van der Waals surface area contributed by atoms with E-state index in [9.17, 15) is 12.8 Å². The lowest BCUT2D eigenvalue weighted by Gasteiger charge is -2.14. The lowest BCUT2D eigenvalue weighted by Crippen LogP contribution is -2.10. The molecule has 29 heavy (non-hydrogen) atoms. The Labute approximate surface area is 166 Å². The number of hydrogen-bond acceptors (Lipinski definition) is 6. The summed E-state index contributed by atoms with van der Waals surface area (Å²) in [5.74, 6) is -0.229. The largest absolute Gasteiger partial charge is 0.459 e. The molecule has 0 aliphatic rings. The van der Waals surface area contributed by atoms with Gasteiger partial charge in [-0.15, -0.1) is 0 Å². The molecule has 0 aliphatic carbocycles. The summed E-state index contributed by atoms with van der Waals surface area (Å²) in [4.78, 5) is 4.08. The van der Waals surface area contributed by atoms with Crippen LogP contribution in [0.4, 0.5) is 10.3 Å². The van der Waals surface area contributed by atoms with Crippen LogP contribution in [0.3, 0.4) is 0 Å². The molecule has 0 spiro atoms. The molecule has 0 fully saturated rings. The Morgan fingerprint density at radius 1 is 1.00 bits per heavy atom. The fraction of sp³-hybridized carbons (Fsp3) is 0.0952. The smallest absolute Gasteiger partial charge is 0.266 e. The summed E-state index contributed by atoms with van der Waals surface area (Å²) in [6.45, 7) is 1.87.